The fourth-order valence-corrected chi connectivity index (χ4v) is 3.18. The summed E-state index contributed by atoms with van der Waals surface area (Å²) >= 11 is 3.78. The molecule has 0 radical (unpaired) electrons. The van der Waals surface area contributed by atoms with Crippen molar-refractivity contribution in [2.45, 2.75) is 36.6 Å². The number of hydrogen-bond donors (Lipinski definition) is 0. The molecule has 2 unspecified atom stereocenters. The normalized spacial score (nSPS) is 26.3. The number of pyridine rings is 1. The maximum Gasteiger partial charge on any atom is 0.128 e. The van der Waals surface area contributed by atoms with E-state index in [0.717, 1.165) is 5.82 Å². The molecule has 15 heavy (non-hydrogen) atoms. The first kappa shape index (κ1) is 10.9. The van der Waals surface area contributed by atoms with E-state index in [-0.39, 0.29) is 0 Å². The van der Waals surface area contributed by atoms with Crippen molar-refractivity contribution >= 4 is 21.7 Å². The predicted octanol–water partition coefficient (Wildman–Crippen LogP) is 3.22. The third-order valence-corrected chi connectivity index (χ3v) is 4.22. The highest BCUT2D eigenvalue weighted by atomic mass is 79.9. The molecule has 1 fully saturated rings. The van der Waals surface area contributed by atoms with Crippen molar-refractivity contribution in [3.8, 4) is 0 Å². The van der Waals surface area contributed by atoms with Crippen LogP contribution >= 0.6 is 15.9 Å². The van der Waals surface area contributed by atoms with Gasteiger partial charge in [0.2, 0.25) is 0 Å². The van der Waals surface area contributed by atoms with E-state index < -0.39 is 0 Å². The van der Waals surface area contributed by atoms with Gasteiger partial charge in [-0.1, -0.05) is 34.8 Å². The SMILES string of the molecule is CN(c1ccccn1)C1CCCCC1Br. The largest absolute Gasteiger partial charge is 0.356 e. The van der Waals surface area contributed by atoms with E-state index in [2.05, 4.69) is 38.9 Å². The minimum atomic E-state index is 0.591. The van der Waals surface area contributed by atoms with E-state index in [1.165, 1.54) is 25.7 Å². The predicted molar refractivity (Wildman–Crippen MR) is 67.6 cm³/mol. The monoisotopic (exact) mass is 268 g/mol. The van der Waals surface area contributed by atoms with Crippen LogP contribution in [-0.4, -0.2) is 22.9 Å². The zero-order chi connectivity index (χ0) is 10.7. The Kier molecular flexibility index (Phi) is 3.62. The summed E-state index contributed by atoms with van der Waals surface area (Å²) in [7, 11) is 2.15. The van der Waals surface area contributed by atoms with Crippen LogP contribution in [0.1, 0.15) is 25.7 Å². The number of alkyl halides is 1. The van der Waals surface area contributed by atoms with Gasteiger partial charge in [-0.25, -0.2) is 4.98 Å². The van der Waals surface area contributed by atoms with Crippen LogP contribution in [-0.2, 0) is 0 Å². The van der Waals surface area contributed by atoms with Gasteiger partial charge in [-0.15, -0.1) is 0 Å². The Labute approximate surface area is 99.8 Å². The number of aromatic nitrogens is 1. The van der Waals surface area contributed by atoms with Gasteiger partial charge in [0, 0.05) is 24.1 Å². The molecule has 0 bridgehead atoms. The van der Waals surface area contributed by atoms with Gasteiger partial charge in [-0.3, -0.25) is 0 Å². The summed E-state index contributed by atoms with van der Waals surface area (Å²) in [5.74, 6) is 1.08. The molecule has 2 rings (SSSR count). The molecule has 2 nitrogen and oxygen atoms in total. The molecular weight excluding hydrogens is 252 g/mol. The first-order valence-electron chi connectivity index (χ1n) is 5.57. The first-order chi connectivity index (χ1) is 7.29. The summed E-state index contributed by atoms with van der Waals surface area (Å²) in [6, 6.07) is 6.68. The summed E-state index contributed by atoms with van der Waals surface area (Å²) in [4.78, 5) is 7.31. The van der Waals surface area contributed by atoms with Crippen molar-refractivity contribution in [1.82, 2.24) is 4.98 Å². The van der Waals surface area contributed by atoms with Gasteiger partial charge >= 0.3 is 0 Å². The van der Waals surface area contributed by atoms with Crippen LogP contribution in [0.2, 0.25) is 0 Å². The van der Waals surface area contributed by atoms with Gasteiger partial charge in [-0.05, 0) is 25.0 Å². The second-order valence-electron chi connectivity index (χ2n) is 4.17. The van der Waals surface area contributed by atoms with Crippen LogP contribution in [0.25, 0.3) is 0 Å². The Bertz CT molecular complexity index is 302. The van der Waals surface area contributed by atoms with Crippen LogP contribution < -0.4 is 4.90 Å². The molecule has 82 valence electrons. The van der Waals surface area contributed by atoms with Gasteiger partial charge in [0.1, 0.15) is 5.82 Å². The number of hydrogen-bond acceptors (Lipinski definition) is 2. The molecule has 1 aromatic heterocycles. The second kappa shape index (κ2) is 4.97. The number of rotatable bonds is 2. The zero-order valence-electron chi connectivity index (χ0n) is 9.06. The molecule has 0 aromatic carbocycles. The minimum Gasteiger partial charge on any atom is -0.356 e. The molecule has 1 aliphatic rings. The Morgan fingerprint density at radius 3 is 2.80 bits per heavy atom. The highest BCUT2D eigenvalue weighted by molar-refractivity contribution is 9.09. The molecule has 0 spiro atoms. The van der Waals surface area contributed by atoms with E-state index in [9.17, 15) is 0 Å². The fraction of sp³-hybridized carbons (Fsp3) is 0.583. The van der Waals surface area contributed by atoms with E-state index in [1.54, 1.807) is 0 Å². The van der Waals surface area contributed by atoms with E-state index in [0.29, 0.717) is 10.9 Å². The maximum atomic E-state index is 4.39. The molecular formula is C12H17BrN2. The van der Waals surface area contributed by atoms with E-state index in [4.69, 9.17) is 0 Å². The van der Waals surface area contributed by atoms with Crippen LogP contribution in [0.5, 0.6) is 0 Å². The van der Waals surface area contributed by atoms with Crippen molar-refractivity contribution in [3.05, 3.63) is 24.4 Å². The van der Waals surface area contributed by atoms with Gasteiger partial charge in [0.05, 0.1) is 0 Å². The highest BCUT2D eigenvalue weighted by Crippen LogP contribution is 2.29. The third kappa shape index (κ3) is 2.51. The molecule has 2 atom stereocenters. The Balaban J connectivity index is 2.09. The molecule has 3 heteroatoms. The lowest BCUT2D eigenvalue weighted by molar-refractivity contribution is 0.442. The van der Waals surface area contributed by atoms with Crippen molar-refractivity contribution in [2.24, 2.45) is 0 Å². The number of nitrogens with zero attached hydrogens (tertiary/aromatic N) is 2. The lowest BCUT2D eigenvalue weighted by Gasteiger charge is -2.35. The fourth-order valence-electron chi connectivity index (χ4n) is 2.23. The third-order valence-electron chi connectivity index (χ3n) is 3.16. The molecule has 0 amide bonds. The molecule has 1 aromatic rings. The summed E-state index contributed by atoms with van der Waals surface area (Å²) in [6.07, 6.45) is 7.09. The van der Waals surface area contributed by atoms with Crippen LogP contribution in [0.3, 0.4) is 0 Å². The van der Waals surface area contributed by atoms with Crippen molar-refractivity contribution in [3.63, 3.8) is 0 Å². The lowest BCUT2D eigenvalue weighted by Crippen LogP contribution is -2.41. The Morgan fingerprint density at radius 1 is 1.33 bits per heavy atom. The first-order valence-corrected chi connectivity index (χ1v) is 6.48. The Morgan fingerprint density at radius 2 is 2.13 bits per heavy atom. The maximum absolute atomic E-state index is 4.39. The zero-order valence-corrected chi connectivity index (χ0v) is 10.7. The van der Waals surface area contributed by atoms with E-state index >= 15 is 0 Å². The van der Waals surface area contributed by atoms with Gasteiger partial charge in [-0.2, -0.15) is 0 Å². The van der Waals surface area contributed by atoms with Crippen LogP contribution in [0.4, 0.5) is 5.82 Å². The van der Waals surface area contributed by atoms with Crippen LogP contribution in [0.15, 0.2) is 24.4 Å². The molecule has 0 N–H and O–H groups in total. The van der Waals surface area contributed by atoms with Gasteiger partial charge in [0.25, 0.3) is 0 Å². The molecule has 1 aliphatic carbocycles. The topological polar surface area (TPSA) is 16.1 Å². The van der Waals surface area contributed by atoms with Crippen molar-refractivity contribution in [1.29, 1.82) is 0 Å². The quantitative estimate of drug-likeness (QED) is 0.766. The smallest absolute Gasteiger partial charge is 0.128 e. The van der Waals surface area contributed by atoms with E-state index in [1.807, 2.05) is 18.3 Å². The molecule has 1 saturated carbocycles. The standard InChI is InChI=1S/C12H17BrN2/c1-15(12-8-4-5-9-14-12)11-7-3-2-6-10(11)13/h4-5,8-11H,2-3,6-7H2,1H3. The summed E-state index contributed by atoms with van der Waals surface area (Å²) in [5.41, 5.74) is 0. The minimum absolute atomic E-state index is 0.591. The Hall–Kier alpha value is -0.570. The lowest BCUT2D eigenvalue weighted by atomic mass is 9.94. The van der Waals surface area contributed by atoms with Gasteiger partial charge in [0.15, 0.2) is 0 Å². The average Bonchev–Trinajstić information content (AvgIpc) is 2.30. The second-order valence-corrected chi connectivity index (χ2v) is 5.34. The summed E-state index contributed by atoms with van der Waals surface area (Å²) < 4.78 is 0. The van der Waals surface area contributed by atoms with Crippen molar-refractivity contribution < 1.29 is 0 Å². The summed E-state index contributed by atoms with van der Waals surface area (Å²) in [6.45, 7) is 0. The average molecular weight is 269 g/mol. The number of halogens is 1. The summed E-state index contributed by atoms with van der Waals surface area (Å²) in [5, 5.41) is 0. The van der Waals surface area contributed by atoms with Crippen molar-refractivity contribution in [2.75, 3.05) is 11.9 Å². The molecule has 0 aliphatic heterocycles. The van der Waals surface area contributed by atoms with Gasteiger partial charge < -0.3 is 4.90 Å². The highest BCUT2D eigenvalue weighted by Gasteiger charge is 2.26. The van der Waals surface area contributed by atoms with Crippen LogP contribution in [0, 0.1) is 0 Å². The number of anilines is 1. The molecule has 1 heterocycles. The molecule has 0 saturated heterocycles.